The summed E-state index contributed by atoms with van der Waals surface area (Å²) in [6.45, 7) is 1.36. The number of ether oxygens (including phenoxy) is 2. The Kier molecular flexibility index (Phi) is 3.99. The number of rotatable bonds is 4. The molecule has 25 heavy (non-hydrogen) atoms. The Bertz CT molecular complexity index is 780. The molecule has 0 saturated heterocycles. The molecule has 0 saturated carbocycles. The van der Waals surface area contributed by atoms with Gasteiger partial charge in [0, 0.05) is 55.0 Å². The van der Waals surface area contributed by atoms with Gasteiger partial charge in [0.05, 0.1) is 19.6 Å². The molecule has 0 bridgehead atoms. The highest BCUT2D eigenvalue weighted by Crippen LogP contribution is 2.40. The van der Waals surface area contributed by atoms with Crippen LogP contribution in [0.2, 0.25) is 0 Å². The molecular weight excluding hydrogens is 316 g/mol. The largest absolute Gasteiger partial charge is 0.493 e. The molecule has 2 heterocycles. The molecule has 0 aromatic heterocycles. The van der Waals surface area contributed by atoms with Crippen molar-refractivity contribution in [3.63, 3.8) is 0 Å². The lowest BCUT2D eigenvalue weighted by Crippen LogP contribution is -2.16. The first-order chi connectivity index (χ1) is 12.1. The highest BCUT2D eigenvalue weighted by molar-refractivity contribution is 5.93. The molecule has 4 rings (SSSR count). The van der Waals surface area contributed by atoms with Gasteiger partial charge < -0.3 is 19.7 Å². The van der Waals surface area contributed by atoms with Gasteiger partial charge in [-0.3, -0.25) is 4.79 Å². The molecule has 2 aromatic carbocycles. The first kappa shape index (κ1) is 15.8. The van der Waals surface area contributed by atoms with Crippen LogP contribution in [0.5, 0.6) is 11.5 Å². The number of hydrogen-bond acceptors (Lipinski definition) is 4. The smallest absolute Gasteiger partial charge is 0.228 e. The molecule has 2 aliphatic rings. The number of benzene rings is 2. The van der Waals surface area contributed by atoms with E-state index in [1.807, 2.05) is 43.3 Å². The van der Waals surface area contributed by atoms with Crippen LogP contribution in [-0.2, 0) is 24.1 Å². The van der Waals surface area contributed by atoms with Crippen LogP contribution in [0.4, 0.5) is 11.4 Å². The maximum atomic E-state index is 12.6. The second-order valence-electron chi connectivity index (χ2n) is 6.68. The van der Waals surface area contributed by atoms with Crippen LogP contribution in [-0.4, -0.2) is 33.2 Å². The standard InChI is InChI=1S/C20H22N2O3/c1-22(2)15-5-3-14(4-6-15)21-19(23)12-17-16-8-10-24-18(16)11-13-7-9-25-20(13)17/h3-6,11H,7-10,12H2,1-2H3,(H,21,23). The fourth-order valence-corrected chi connectivity index (χ4v) is 3.48. The summed E-state index contributed by atoms with van der Waals surface area (Å²) in [6, 6.07) is 9.90. The van der Waals surface area contributed by atoms with Crippen molar-refractivity contribution in [1.29, 1.82) is 0 Å². The van der Waals surface area contributed by atoms with Crippen LogP contribution in [0.3, 0.4) is 0 Å². The van der Waals surface area contributed by atoms with Gasteiger partial charge >= 0.3 is 0 Å². The Morgan fingerprint density at radius 2 is 1.88 bits per heavy atom. The van der Waals surface area contributed by atoms with Gasteiger partial charge in [0.1, 0.15) is 11.5 Å². The minimum absolute atomic E-state index is 0.0318. The summed E-state index contributed by atoms with van der Waals surface area (Å²) < 4.78 is 11.5. The van der Waals surface area contributed by atoms with Gasteiger partial charge in [-0.25, -0.2) is 0 Å². The van der Waals surface area contributed by atoms with Crippen molar-refractivity contribution < 1.29 is 14.3 Å². The first-order valence-corrected chi connectivity index (χ1v) is 8.62. The van der Waals surface area contributed by atoms with Gasteiger partial charge in [-0.05, 0) is 30.3 Å². The van der Waals surface area contributed by atoms with Crippen LogP contribution in [0.1, 0.15) is 16.7 Å². The van der Waals surface area contributed by atoms with Crippen LogP contribution < -0.4 is 19.7 Å². The Hall–Kier alpha value is -2.69. The van der Waals surface area contributed by atoms with Gasteiger partial charge in [-0.15, -0.1) is 0 Å². The zero-order valence-electron chi connectivity index (χ0n) is 14.6. The number of hydrogen-bond donors (Lipinski definition) is 1. The summed E-state index contributed by atoms with van der Waals surface area (Å²) in [7, 11) is 3.98. The summed E-state index contributed by atoms with van der Waals surface area (Å²) in [4.78, 5) is 14.6. The van der Waals surface area contributed by atoms with E-state index in [0.717, 1.165) is 52.4 Å². The highest BCUT2D eigenvalue weighted by atomic mass is 16.5. The highest BCUT2D eigenvalue weighted by Gasteiger charge is 2.27. The molecule has 0 radical (unpaired) electrons. The number of amides is 1. The van der Waals surface area contributed by atoms with E-state index in [2.05, 4.69) is 11.4 Å². The van der Waals surface area contributed by atoms with Gasteiger partial charge in [0.15, 0.2) is 0 Å². The lowest BCUT2D eigenvalue weighted by Gasteiger charge is -2.14. The van der Waals surface area contributed by atoms with E-state index in [-0.39, 0.29) is 5.91 Å². The zero-order chi connectivity index (χ0) is 17.4. The molecule has 0 unspecified atom stereocenters. The third-order valence-corrected chi connectivity index (χ3v) is 4.76. The topological polar surface area (TPSA) is 50.8 Å². The van der Waals surface area contributed by atoms with Crippen molar-refractivity contribution in [2.24, 2.45) is 0 Å². The summed E-state index contributed by atoms with van der Waals surface area (Å²) >= 11 is 0. The predicted molar refractivity (Wildman–Crippen MR) is 97.9 cm³/mol. The number of fused-ring (bicyclic) bond motifs is 2. The van der Waals surface area contributed by atoms with E-state index >= 15 is 0 Å². The summed E-state index contributed by atoms with van der Waals surface area (Å²) in [5.41, 5.74) is 5.17. The van der Waals surface area contributed by atoms with Crippen molar-refractivity contribution in [3.8, 4) is 11.5 Å². The molecule has 0 fully saturated rings. The molecular formula is C20H22N2O3. The Balaban J connectivity index is 1.53. The number of nitrogens with one attached hydrogen (secondary N) is 1. The Labute approximate surface area is 147 Å². The number of anilines is 2. The molecule has 1 N–H and O–H groups in total. The molecule has 5 heteroatoms. The lowest BCUT2D eigenvalue weighted by molar-refractivity contribution is -0.115. The van der Waals surface area contributed by atoms with E-state index in [1.54, 1.807) is 0 Å². The summed E-state index contributed by atoms with van der Waals surface area (Å²) in [6.07, 6.45) is 2.03. The van der Waals surface area contributed by atoms with Crippen molar-refractivity contribution in [1.82, 2.24) is 0 Å². The Morgan fingerprint density at radius 1 is 1.12 bits per heavy atom. The van der Waals surface area contributed by atoms with E-state index in [1.165, 1.54) is 0 Å². The Morgan fingerprint density at radius 3 is 2.64 bits per heavy atom. The number of carbonyl (C=O) groups is 1. The molecule has 1 amide bonds. The normalized spacial score (nSPS) is 14.3. The van der Waals surface area contributed by atoms with Crippen molar-refractivity contribution >= 4 is 17.3 Å². The van der Waals surface area contributed by atoms with E-state index in [4.69, 9.17) is 9.47 Å². The third kappa shape index (κ3) is 3.02. The molecule has 2 aliphatic heterocycles. The average Bonchev–Trinajstić information content (AvgIpc) is 3.24. The maximum Gasteiger partial charge on any atom is 0.228 e. The molecule has 5 nitrogen and oxygen atoms in total. The molecule has 0 aliphatic carbocycles. The predicted octanol–water partition coefficient (Wildman–Crippen LogP) is 2.80. The van der Waals surface area contributed by atoms with Gasteiger partial charge in [0.25, 0.3) is 0 Å². The van der Waals surface area contributed by atoms with Gasteiger partial charge in [-0.1, -0.05) is 0 Å². The zero-order valence-corrected chi connectivity index (χ0v) is 14.6. The quantitative estimate of drug-likeness (QED) is 0.931. The number of carbonyl (C=O) groups excluding carboxylic acids is 1. The molecule has 0 atom stereocenters. The van der Waals surface area contributed by atoms with Gasteiger partial charge in [0.2, 0.25) is 5.91 Å². The van der Waals surface area contributed by atoms with Gasteiger partial charge in [-0.2, -0.15) is 0 Å². The fraction of sp³-hybridized carbons (Fsp3) is 0.350. The number of nitrogens with zero attached hydrogens (tertiary/aromatic N) is 1. The van der Waals surface area contributed by atoms with Crippen molar-refractivity contribution in [2.45, 2.75) is 19.3 Å². The maximum absolute atomic E-state index is 12.6. The third-order valence-electron chi connectivity index (χ3n) is 4.76. The van der Waals surface area contributed by atoms with E-state index in [0.29, 0.717) is 19.6 Å². The van der Waals surface area contributed by atoms with Crippen LogP contribution in [0, 0.1) is 0 Å². The van der Waals surface area contributed by atoms with E-state index < -0.39 is 0 Å². The van der Waals surface area contributed by atoms with Crippen molar-refractivity contribution in [2.75, 3.05) is 37.5 Å². The monoisotopic (exact) mass is 338 g/mol. The van der Waals surface area contributed by atoms with E-state index in [9.17, 15) is 4.79 Å². The summed E-state index contributed by atoms with van der Waals surface area (Å²) in [5, 5.41) is 2.99. The molecule has 130 valence electrons. The van der Waals surface area contributed by atoms with Crippen molar-refractivity contribution in [3.05, 3.63) is 47.0 Å². The SMILES string of the molecule is CN(C)c1ccc(NC(=O)Cc2c3c(cc4c2OCC4)OCC3)cc1. The molecule has 0 spiro atoms. The second-order valence-corrected chi connectivity index (χ2v) is 6.68. The fourth-order valence-electron chi connectivity index (χ4n) is 3.48. The first-order valence-electron chi connectivity index (χ1n) is 8.62. The second kappa shape index (κ2) is 6.31. The minimum Gasteiger partial charge on any atom is -0.493 e. The minimum atomic E-state index is -0.0318. The van der Waals surface area contributed by atoms with Crippen LogP contribution in [0.15, 0.2) is 30.3 Å². The molecule has 2 aromatic rings. The summed E-state index contributed by atoms with van der Waals surface area (Å²) in [5.74, 6) is 1.78. The lowest BCUT2D eigenvalue weighted by atomic mass is 9.97. The average molecular weight is 338 g/mol. The van der Waals surface area contributed by atoms with Crippen LogP contribution in [0.25, 0.3) is 0 Å². The van der Waals surface area contributed by atoms with Crippen LogP contribution >= 0.6 is 0 Å².